The molecule has 0 bridgehead atoms. The number of para-hydroxylation sites is 1. The van der Waals surface area contributed by atoms with Crippen LogP contribution in [0.2, 0.25) is 0 Å². The van der Waals surface area contributed by atoms with Crippen LogP contribution in [0.15, 0.2) is 72.9 Å². The van der Waals surface area contributed by atoms with E-state index in [2.05, 4.69) is 52.3 Å². The van der Waals surface area contributed by atoms with Crippen LogP contribution in [0.1, 0.15) is 33.3 Å². The molecule has 0 fully saturated rings. The number of hydrogen-bond donors (Lipinski definition) is 1. The molecule has 0 saturated heterocycles. The molecule has 4 heterocycles. The van der Waals surface area contributed by atoms with E-state index in [1.807, 2.05) is 58.7 Å². The number of carbonyl (C=O) groups excluding carboxylic acids is 1. The minimum atomic E-state index is -0.235. The van der Waals surface area contributed by atoms with Crippen LogP contribution >= 0.6 is 11.3 Å². The van der Waals surface area contributed by atoms with Crippen LogP contribution < -0.4 is 10.1 Å². The van der Waals surface area contributed by atoms with Crippen molar-refractivity contribution in [3.05, 3.63) is 100 Å². The molecule has 2 amide bonds. The summed E-state index contributed by atoms with van der Waals surface area (Å²) in [6, 6.07) is 21.6. The SMILES string of the molecule is COc1ccc(C2c3cccn3-c3sc4c(c3CN2C(=O)Nc2ccccc2)CCN(C)C4)cc1. The number of fused-ring (bicyclic) bond motifs is 5. The third kappa shape index (κ3) is 3.90. The van der Waals surface area contributed by atoms with Gasteiger partial charge in [-0.05, 0) is 61.0 Å². The maximum absolute atomic E-state index is 13.9. The summed E-state index contributed by atoms with van der Waals surface area (Å²) in [4.78, 5) is 19.7. The summed E-state index contributed by atoms with van der Waals surface area (Å²) in [7, 11) is 3.85. The third-order valence-corrected chi connectivity index (χ3v) is 8.23. The van der Waals surface area contributed by atoms with Gasteiger partial charge in [-0.3, -0.25) is 0 Å². The average Bonchev–Trinajstić information content (AvgIpc) is 3.46. The summed E-state index contributed by atoms with van der Waals surface area (Å²) in [5, 5.41) is 4.38. The Kier molecular flexibility index (Phi) is 5.59. The lowest BCUT2D eigenvalue weighted by Crippen LogP contribution is -2.38. The molecule has 4 aromatic rings. The molecule has 2 aliphatic rings. The standard InChI is InChI=1S/C28H28N4O2S/c1-30-16-14-22-23-17-32(28(33)29-20-7-4-3-5-8-20)26(19-10-12-21(34-2)13-11-19)24-9-6-15-31(24)27(23)35-25(22)18-30/h3-13,15,26H,14,16-18H2,1-2H3,(H,29,33). The number of carbonyl (C=O) groups is 1. The number of urea groups is 1. The van der Waals surface area contributed by atoms with Gasteiger partial charge in [-0.25, -0.2) is 4.79 Å². The van der Waals surface area contributed by atoms with Crippen molar-refractivity contribution in [2.75, 3.05) is 26.0 Å². The molecule has 0 aliphatic carbocycles. The first-order valence-electron chi connectivity index (χ1n) is 11.9. The Balaban J connectivity index is 1.49. The zero-order valence-electron chi connectivity index (χ0n) is 19.9. The summed E-state index contributed by atoms with van der Waals surface area (Å²) in [6.45, 7) is 2.55. The molecule has 35 heavy (non-hydrogen) atoms. The van der Waals surface area contributed by atoms with E-state index in [-0.39, 0.29) is 12.1 Å². The first-order chi connectivity index (χ1) is 17.1. The number of anilines is 1. The number of nitrogens with one attached hydrogen (secondary N) is 1. The molecule has 0 radical (unpaired) electrons. The summed E-state index contributed by atoms with van der Waals surface area (Å²) in [5.41, 5.74) is 5.62. The minimum Gasteiger partial charge on any atom is -0.497 e. The fourth-order valence-electron chi connectivity index (χ4n) is 5.21. The summed E-state index contributed by atoms with van der Waals surface area (Å²) >= 11 is 1.87. The number of benzene rings is 2. The number of methoxy groups -OCH3 is 1. The van der Waals surface area contributed by atoms with Crippen molar-refractivity contribution in [3.8, 4) is 10.8 Å². The second-order valence-electron chi connectivity index (χ2n) is 9.18. The average molecular weight is 485 g/mol. The summed E-state index contributed by atoms with van der Waals surface area (Å²) < 4.78 is 7.69. The monoisotopic (exact) mass is 484 g/mol. The Labute approximate surface area is 209 Å². The van der Waals surface area contributed by atoms with Crippen molar-refractivity contribution in [1.29, 1.82) is 0 Å². The zero-order chi connectivity index (χ0) is 23.9. The lowest BCUT2D eigenvalue weighted by atomic mass is 10.00. The highest BCUT2D eigenvalue weighted by Gasteiger charge is 2.36. The number of thiophene rings is 1. The predicted octanol–water partition coefficient (Wildman–Crippen LogP) is 5.67. The molecular weight excluding hydrogens is 456 g/mol. The van der Waals surface area contributed by atoms with Crippen LogP contribution in [0, 0.1) is 0 Å². The van der Waals surface area contributed by atoms with E-state index in [0.717, 1.165) is 42.2 Å². The highest BCUT2D eigenvalue weighted by atomic mass is 32.1. The predicted molar refractivity (Wildman–Crippen MR) is 140 cm³/mol. The van der Waals surface area contributed by atoms with Gasteiger partial charge in [0.05, 0.1) is 25.4 Å². The molecule has 1 unspecified atom stereocenters. The van der Waals surface area contributed by atoms with E-state index in [4.69, 9.17) is 4.74 Å². The maximum Gasteiger partial charge on any atom is 0.322 e. The van der Waals surface area contributed by atoms with Crippen molar-refractivity contribution < 1.29 is 9.53 Å². The van der Waals surface area contributed by atoms with E-state index < -0.39 is 0 Å². The molecule has 0 saturated carbocycles. The third-order valence-electron chi connectivity index (χ3n) is 6.97. The van der Waals surface area contributed by atoms with Crippen LogP contribution in [0.3, 0.4) is 0 Å². The topological polar surface area (TPSA) is 49.7 Å². The minimum absolute atomic E-state index is 0.106. The van der Waals surface area contributed by atoms with Crippen molar-refractivity contribution in [2.24, 2.45) is 0 Å². The van der Waals surface area contributed by atoms with Crippen molar-refractivity contribution >= 4 is 23.1 Å². The van der Waals surface area contributed by atoms with Crippen LogP contribution in [-0.2, 0) is 19.5 Å². The van der Waals surface area contributed by atoms with Gasteiger partial charge < -0.3 is 24.4 Å². The molecule has 2 aliphatic heterocycles. The first-order valence-corrected chi connectivity index (χ1v) is 12.7. The van der Waals surface area contributed by atoms with Crippen LogP contribution in [0.25, 0.3) is 5.00 Å². The van der Waals surface area contributed by atoms with Gasteiger partial charge in [0, 0.05) is 35.4 Å². The van der Waals surface area contributed by atoms with Gasteiger partial charge in [0.15, 0.2) is 0 Å². The molecule has 1 N–H and O–H groups in total. The number of likely N-dealkylation sites (N-methyl/N-ethyl adjacent to an activating group) is 1. The highest BCUT2D eigenvalue weighted by Crippen LogP contribution is 2.43. The van der Waals surface area contributed by atoms with E-state index in [0.29, 0.717) is 6.54 Å². The largest absolute Gasteiger partial charge is 0.497 e. The van der Waals surface area contributed by atoms with E-state index in [1.165, 1.54) is 21.0 Å². The Hall–Kier alpha value is -3.55. The fraction of sp³-hybridized carbons (Fsp3) is 0.250. The van der Waals surface area contributed by atoms with Crippen molar-refractivity contribution in [2.45, 2.75) is 25.6 Å². The zero-order valence-corrected chi connectivity index (χ0v) is 20.7. The molecule has 6 nitrogen and oxygen atoms in total. The molecule has 178 valence electrons. The smallest absolute Gasteiger partial charge is 0.322 e. The quantitative estimate of drug-likeness (QED) is 0.408. The lowest BCUT2D eigenvalue weighted by molar-refractivity contribution is 0.194. The van der Waals surface area contributed by atoms with E-state index in [9.17, 15) is 4.79 Å². The van der Waals surface area contributed by atoms with Crippen LogP contribution in [0.5, 0.6) is 5.75 Å². The van der Waals surface area contributed by atoms with Gasteiger partial charge in [-0.1, -0.05) is 30.3 Å². The van der Waals surface area contributed by atoms with E-state index >= 15 is 0 Å². The number of rotatable bonds is 3. The van der Waals surface area contributed by atoms with Gasteiger partial charge in [0.25, 0.3) is 0 Å². The number of aromatic nitrogens is 1. The number of ether oxygens (including phenoxy) is 1. The van der Waals surface area contributed by atoms with Gasteiger partial charge >= 0.3 is 6.03 Å². The molecule has 0 spiro atoms. The van der Waals surface area contributed by atoms with Crippen LogP contribution in [0.4, 0.5) is 10.5 Å². The van der Waals surface area contributed by atoms with Gasteiger partial charge in [-0.15, -0.1) is 11.3 Å². The summed E-state index contributed by atoms with van der Waals surface area (Å²) in [5.74, 6) is 0.801. The maximum atomic E-state index is 13.9. The number of hydrogen-bond acceptors (Lipinski definition) is 4. The van der Waals surface area contributed by atoms with Crippen molar-refractivity contribution in [3.63, 3.8) is 0 Å². The molecular formula is C28H28N4O2S. The second-order valence-corrected chi connectivity index (χ2v) is 10.3. The lowest BCUT2D eigenvalue weighted by Gasteiger charge is -2.32. The molecule has 6 rings (SSSR count). The molecule has 1 atom stereocenters. The highest BCUT2D eigenvalue weighted by molar-refractivity contribution is 7.15. The first kappa shape index (κ1) is 21.9. The Morgan fingerprint density at radius 2 is 1.80 bits per heavy atom. The number of nitrogens with zero attached hydrogens (tertiary/aromatic N) is 3. The van der Waals surface area contributed by atoms with Gasteiger partial charge in [-0.2, -0.15) is 0 Å². The summed E-state index contributed by atoms with van der Waals surface area (Å²) in [6.07, 6.45) is 3.14. The Morgan fingerprint density at radius 3 is 2.57 bits per heavy atom. The van der Waals surface area contributed by atoms with Crippen LogP contribution in [-0.4, -0.2) is 41.1 Å². The number of amides is 2. The van der Waals surface area contributed by atoms with Gasteiger partial charge in [0.2, 0.25) is 0 Å². The van der Waals surface area contributed by atoms with Gasteiger partial charge in [0.1, 0.15) is 10.8 Å². The molecule has 2 aromatic carbocycles. The molecule has 2 aromatic heterocycles. The van der Waals surface area contributed by atoms with Crippen molar-refractivity contribution in [1.82, 2.24) is 14.4 Å². The second kappa shape index (κ2) is 8.91. The Bertz CT molecular complexity index is 1360. The van der Waals surface area contributed by atoms with E-state index in [1.54, 1.807) is 7.11 Å². The molecule has 7 heteroatoms. The fourth-order valence-corrected chi connectivity index (χ4v) is 6.65. The Morgan fingerprint density at radius 1 is 1.00 bits per heavy atom. The normalized spacial score (nSPS) is 17.2.